The Kier molecular flexibility index (Phi) is 5.39. The van der Waals surface area contributed by atoms with Gasteiger partial charge in [0.15, 0.2) is 0 Å². The molecule has 0 aliphatic carbocycles. The molecule has 0 aromatic heterocycles. The van der Waals surface area contributed by atoms with Gasteiger partial charge in [-0.05, 0) is 17.5 Å². The molecule has 2 aromatic carbocycles. The smallest absolute Gasteiger partial charge is 0.268 e. The highest BCUT2D eigenvalue weighted by molar-refractivity contribution is 8.04. The Morgan fingerprint density at radius 1 is 0.880 bits per heavy atom. The highest BCUT2D eigenvalue weighted by Gasteiger charge is 2.39. The molecule has 0 radical (unpaired) electrons. The number of thioether (sulfide) groups is 1. The van der Waals surface area contributed by atoms with Crippen LogP contribution in [0.3, 0.4) is 0 Å². The summed E-state index contributed by atoms with van der Waals surface area (Å²) in [4.78, 5) is 27.8. The second-order valence-electron chi connectivity index (χ2n) is 6.23. The van der Waals surface area contributed by atoms with Gasteiger partial charge in [0.2, 0.25) is 0 Å². The third-order valence-electron chi connectivity index (χ3n) is 4.01. The summed E-state index contributed by atoms with van der Waals surface area (Å²) in [6.07, 6.45) is 0.667. The maximum absolute atomic E-state index is 13.0. The molecule has 1 aliphatic heterocycles. The molecule has 1 heterocycles. The standard InChI is InChI=1S/C21H21NO2S/c1-15(2)25-19-18(17-11-7-4-8-12-17)20(23)22(21(19)24)14-13-16-9-5-3-6-10-16/h3-12,15H,13-14H2,1-2H3. The molecule has 0 saturated carbocycles. The average molecular weight is 351 g/mol. The van der Waals surface area contributed by atoms with Crippen LogP contribution in [0.15, 0.2) is 65.6 Å². The monoisotopic (exact) mass is 351 g/mol. The number of rotatable bonds is 6. The molecule has 128 valence electrons. The van der Waals surface area contributed by atoms with Crippen molar-refractivity contribution in [1.82, 2.24) is 4.90 Å². The van der Waals surface area contributed by atoms with Crippen LogP contribution in [0.5, 0.6) is 0 Å². The lowest BCUT2D eigenvalue weighted by Crippen LogP contribution is -2.33. The molecule has 0 saturated heterocycles. The minimum Gasteiger partial charge on any atom is -0.274 e. The zero-order valence-electron chi connectivity index (χ0n) is 14.4. The summed E-state index contributed by atoms with van der Waals surface area (Å²) < 4.78 is 0. The molecule has 25 heavy (non-hydrogen) atoms. The summed E-state index contributed by atoms with van der Waals surface area (Å²) in [5.74, 6) is -0.353. The van der Waals surface area contributed by atoms with E-state index < -0.39 is 0 Å². The van der Waals surface area contributed by atoms with Crippen molar-refractivity contribution in [3.8, 4) is 0 Å². The van der Waals surface area contributed by atoms with E-state index in [1.807, 2.05) is 74.5 Å². The Morgan fingerprint density at radius 3 is 2.08 bits per heavy atom. The van der Waals surface area contributed by atoms with Gasteiger partial charge in [-0.2, -0.15) is 0 Å². The first-order chi connectivity index (χ1) is 12.1. The fourth-order valence-corrected chi connectivity index (χ4v) is 3.85. The molecular formula is C21H21NO2S. The summed E-state index contributed by atoms with van der Waals surface area (Å²) in [5.41, 5.74) is 2.47. The first-order valence-corrected chi connectivity index (χ1v) is 9.32. The number of imide groups is 1. The number of amides is 2. The fraction of sp³-hybridized carbons (Fsp3) is 0.238. The lowest BCUT2D eigenvalue weighted by Gasteiger charge is -2.15. The third kappa shape index (κ3) is 3.85. The van der Waals surface area contributed by atoms with Crippen LogP contribution >= 0.6 is 11.8 Å². The molecule has 0 bridgehead atoms. The summed E-state index contributed by atoms with van der Waals surface area (Å²) in [6, 6.07) is 19.4. The Labute approximate surface area is 152 Å². The SMILES string of the molecule is CC(C)SC1=C(c2ccccc2)C(=O)N(CCc2ccccc2)C1=O. The van der Waals surface area contributed by atoms with Gasteiger partial charge in [-0.1, -0.05) is 74.5 Å². The topological polar surface area (TPSA) is 37.4 Å². The normalized spacial score (nSPS) is 14.8. The number of hydrogen-bond donors (Lipinski definition) is 0. The number of carbonyl (C=O) groups is 2. The molecular weight excluding hydrogens is 330 g/mol. The van der Waals surface area contributed by atoms with Crippen LogP contribution in [0.4, 0.5) is 0 Å². The molecule has 0 spiro atoms. The molecule has 3 nitrogen and oxygen atoms in total. The van der Waals surface area contributed by atoms with E-state index in [9.17, 15) is 9.59 Å². The molecule has 2 amide bonds. The molecule has 4 heteroatoms. The highest BCUT2D eigenvalue weighted by Crippen LogP contribution is 2.37. The zero-order valence-corrected chi connectivity index (χ0v) is 15.3. The number of carbonyl (C=O) groups excluding carboxylic acids is 2. The van der Waals surface area contributed by atoms with Crippen LogP contribution in [0.1, 0.15) is 25.0 Å². The number of hydrogen-bond acceptors (Lipinski definition) is 3. The highest BCUT2D eigenvalue weighted by atomic mass is 32.2. The van der Waals surface area contributed by atoms with Crippen LogP contribution in [0.2, 0.25) is 0 Å². The van der Waals surface area contributed by atoms with Gasteiger partial charge >= 0.3 is 0 Å². The Hall–Kier alpha value is -2.33. The van der Waals surface area contributed by atoms with E-state index >= 15 is 0 Å². The minimum absolute atomic E-state index is 0.168. The molecule has 1 aliphatic rings. The fourth-order valence-electron chi connectivity index (χ4n) is 2.85. The van der Waals surface area contributed by atoms with E-state index in [4.69, 9.17) is 0 Å². The maximum atomic E-state index is 13.0. The van der Waals surface area contributed by atoms with Crippen molar-refractivity contribution >= 4 is 29.1 Å². The van der Waals surface area contributed by atoms with E-state index in [0.29, 0.717) is 23.4 Å². The summed E-state index contributed by atoms with van der Waals surface area (Å²) >= 11 is 1.47. The van der Waals surface area contributed by atoms with Gasteiger partial charge in [0.25, 0.3) is 11.8 Å². The predicted octanol–water partition coefficient (Wildman–Crippen LogP) is 4.15. The van der Waals surface area contributed by atoms with Crippen LogP contribution in [-0.4, -0.2) is 28.5 Å². The van der Waals surface area contributed by atoms with Gasteiger partial charge < -0.3 is 0 Å². The van der Waals surface area contributed by atoms with E-state index in [2.05, 4.69) is 0 Å². The minimum atomic E-state index is -0.185. The van der Waals surface area contributed by atoms with Crippen LogP contribution in [0.25, 0.3) is 5.57 Å². The Morgan fingerprint density at radius 2 is 1.48 bits per heavy atom. The molecule has 0 fully saturated rings. The summed E-state index contributed by atoms with van der Waals surface area (Å²) in [5, 5.41) is 0.236. The average Bonchev–Trinajstić information content (AvgIpc) is 2.84. The van der Waals surface area contributed by atoms with Crippen molar-refractivity contribution in [1.29, 1.82) is 0 Å². The van der Waals surface area contributed by atoms with Gasteiger partial charge in [-0.3, -0.25) is 14.5 Å². The van der Waals surface area contributed by atoms with Crippen molar-refractivity contribution in [3.05, 3.63) is 76.7 Å². The summed E-state index contributed by atoms with van der Waals surface area (Å²) in [6.45, 7) is 4.47. The lowest BCUT2D eigenvalue weighted by atomic mass is 10.1. The first kappa shape index (κ1) is 17.5. The summed E-state index contributed by atoms with van der Waals surface area (Å²) in [7, 11) is 0. The predicted molar refractivity (Wildman–Crippen MR) is 103 cm³/mol. The van der Waals surface area contributed by atoms with E-state index in [1.54, 1.807) is 0 Å². The molecule has 0 N–H and O–H groups in total. The largest absolute Gasteiger partial charge is 0.274 e. The van der Waals surface area contributed by atoms with Gasteiger partial charge in [0, 0.05) is 11.8 Å². The second kappa shape index (κ2) is 7.70. The van der Waals surface area contributed by atoms with Gasteiger partial charge in [-0.25, -0.2) is 0 Å². The van der Waals surface area contributed by atoms with E-state index in [0.717, 1.165) is 11.1 Å². The van der Waals surface area contributed by atoms with Crippen molar-refractivity contribution in [2.24, 2.45) is 0 Å². The van der Waals surface area contributed by atoms with Crippen LogP contribution < -0.4 is 0 Å². The van der Waals surface area contributed by atoms with Crippen molar-refractivity contribution in [2.45, 2.75) is 25.5 Å². The van der Waals surface area contributed by atoms with Crippen molar-refractivity contribution in [3.63, 3.8) is 0 Å². The van der Waals surface area contributed by atoms with Crippen LogP contribution in [-0.2, 0) is 16.0 Å². The molecule has 2 aromatic rings. The quantitative estimate of drug-likeness (QED) is 0.734. The second-order valence-corrected chi connectivity index (χ2v) is 7.82. The van der Waals surface area contributed by atoms with Gasteiger partial charge in [-0.15, -0.1) is 11.8 Å². The van der Waals surface area contributed by atoms with E-state index in [-0.39, 0.29) is 17.1 Å². The van der Waals surface area contributed by atoms with Crippen LogP contribution in [0, 0.1) is 0 Å². The lowest BCUT2D eigenvalue weighted by molar-refractivity contribution is -0.136. The Balaban J connectivity index is 1.87. The molecule has 0 atom stereocenters. The van der Waals surface area contributed by atoms with Gasteiger partial charge in [0.1, 0.15) is 0 Å². The van der Waals surface area contributed by atoms with Gasteiger partial charge in [0.05, 0.1) is 10.5 Å². The maximum Gasteiger partial charge on any atom is 0.268 e. The van der Waals surface area contributed by atoms with Crippen molar-refractivity contribution in [2.75, 3.05) is 6.54 Å². The van der Waals surface area contributed by atoms with Crippen molar-refractivity contribution < 1.29 is 9.59 Å². The zero-order chi connectivity index (χ0) is 17.8. The molecule has 0 unspecified atom stereocenters. The number of nitrogens with zero attached hydrogens (tertiary/aromatic N) is 1. The number of benzene rings is 2. The van der Waals surface area contributed by atoms with E-state index in [1.165, 1.54) is 16.7 Å². The third-order valence-corrected chi connectivity index (χ3v) is 5.09. The molecule has 3 rings (SSSR count). The first-order valence-electron chi connectivity index (χ1n) is 8.44. The Bertz CT molecular complexity index is 797.